The second-order valence-corrected chi connectivity index (χ2v) is 5.27. The molecule has 0 fully saturated rings. The lowest BCUT2D eigenvalue weighted by molar-refractivity contribution is 0.0950. The number of anilines is 1. The number of carbonyl (C=O) groups is 1. The molecule has 0 aliphatic heterocycles. The van der Waals surface area contributed by atoms with Gasteiger partial charge in [0.25, 0.3) is 5.91 Å². The predicted molar refractivity (Wildman–Crippen MR) is 77.6 cm³/mol. The first-order valence-electron chi connectivity index (χ1n) is 5.90. The third kappa shape index (κ3) is 2.82. The number of hydrogen-bond acceptors (Lipinski definition) is 3. The molecule has 0 atom stereocenters. The summed E-state index contributed by atoms with van der Waals surface area (Å²) in [4.78, 5) is 12.1. The Bertz CT molecular complexity index is 669. The second kappa shape index (κ2) is 5.62. The zero-order valence-corrected chi connectivity index (χ0v) is 12.7. The first-order valence-corrected chi connectivity index (χ1v) is 6.69. The largest absolute Gasteiger partial charge is 0.396 e. The molecule has 7 heteroatoms. The van der Waals surface area contributed by atoms with Gasteiger partial charge in [-0.25, -0.2) is 4.39 Å². The fraction of sp³-hybridized carbons (Fsp3) is 0.231. The van der Waals surface area contributed by atoms with Crippen molar-refractivity contribution in [2.45, 2.75) is 13.5 Å². The summed E-state index contributed by atoms with van der Waals surface area (Å²) < 4.78 is 15.3. The molecule has 5 nitrogen and oxygen atoms in total. The van der Waals surface area contributed by atoms with Gasteiger partial charge in [-0.1, -0.05) is 0 Å². The number of aromatic nitrogens is 2. The molecule has 0 spiro atoms. The molecule has 2 aromatic rings. The third-order valence-corrected chi connectivity index (χ3v) is 3.76. The van der Waals surface area contributed by atoms with E-state index in [1.807, 2.05) is 14.0 Å². The van der Waals surface area contributed by atoms with Crippen LogP contribution in [0.5, 0.6) is 0 Å². The summed E-state index contributed by atoms with van der Waals surface area (Å²) in [6, 6.07) is 2.49. The maximum Gasteiger partial charge on any atom is 0.252 e. The van der Waals surface area contributed by atoms with Gasteiger partial charge in [-0.2, -0.15) is 5.10 Å². The van der Waals surface area contributed by atoms with Crippen molar-refractivity contribution in [2.75, 3.05) is 5.73 Å². The van der Waals surface area contributed by atoms with E-state index in [1.54, 1.807) is 10.9 Å². The molecule has 2 rings (SSSR count). The average molecular weight is 341 g/mol. The number of benzene rings is 1. The molecule has 3 N–H and O–H groups in total. The van der Waals surface area contributed by atoms with Gasteiger partial charge in [-0.15, -0.1) is 0 Å². The molecule has 0 bridgehead atoms. The molecule has 1 heterocycles. The molecule has 0 saturated heterocycles. The summed E-state index contributed by atoms with van der Waals surface area (Å²) in [5.74, 6) is -0.886. The molecule has 0 saturated carbocycles. The number of nitrogens with zero attached hydrogens (tertiary/aromatic N) is 2. The Balaban J connectivity index is 2.13. The quantitative estimate of drug-likeness (QED) is 0.840. The Morgan fingerprint density at radius 3 is 2.85 bits per heavy atom. The van der Waals surface area contributed by atoms with Crippen LogP contribution in [0.1, 0.15) is 21.6 Å². The van der Waals surface area contributed by atoms with Crippen LogP contribution in [0.15, 0.2) is 22.8 Å². The maximum atomic E-state index is 13.2. The van der Waals surface area contributed by atoms with Gasteiger partial charge in [0.15, 0.2) is 0 Å². The molecule has 0 radical (unpaired) electrons. The molecular weight excluding hydrogens is 327 g/mol. The van der Waals surface area contributed by atoms with Crippen LogP contribution in [0.2, 0.25) is 0 Å². The van der Waals surface area contributed by atoms with Crippen LogP contribution < -0.4 is 11.1 Å². The number of nitrogen functional groups attached to an aromatic ring is 1. The van der Waals surface area contributed by atoms with Crippen molar-refractivity contribution >= 4 is 27.5 Å². The van der Waals surface area contributed by atoms with Crippen LogP contribution in [0, 0.1) is 12.7 Å². The van der Waals surface area contributed by atoms with Crippen molar-refractivity contribution in [1.29, 1.82) is 0 Å². The highest BCUT2D eigenvalue weighted by molar-refractivity contribution is 9.10. The number of amides is 1. The summed E-state index contributed by atoms with van der Waals surface area (Å²) in [5, 5.41) is 6.85. The lowest BCUT2D eigenvalue weighted by atomic mass is 10.1. The highest BCUT2D eigenvalue weighted by Crippen LogP contribution is 2.22. The highest BCUT2D eigenvalue weighted by Gasteiger charge is 2.14. The van der Waals surface area contributed by atoms with E-state index in [9.17, 15) is 9.18 Å². The third-order valence-electron chi connectivity index (χ3n) is 3.11. The summed E-state index contributed by atoms with van der Waals surface area (Å²) in [7, 11) is 1.83. The first kappa shape index (κ1) is 14.5. The zero-order chi connectivity index (χ0) is 14.9. The minimum absolute atomic E-state index is 0.0593. The predicted octanol–water partition coefficient (Wildman–Crippen LogP) is 2.14. The highest BCUT2D eigenvalue weighted by atomic mass is 79.9. The van der Waals surface area contributed by atoms with Gasteiger partial charge in [-0.3, -0.25) is 9.48 Å². The molecule has 0 unspecified atom stereocenters. The normalized spacial score (nSPS) is 10.6. The van der Waals surface area contributed by atoms with E-state index >= 15 is 0 Å². The fourth-order valence-corrected chi connectivity index (χ4v) is 2.22. The number of aryl methyl sites for hydroxylation is 1. The second-order valence-electron chi connectivity index (χ2n) is 4.42. The van der Waals surface area contributed by atoms with Gasteiger partial charge >= 0.3 is 0 Å². The number of nitrogens with two attached hydrogens (primary N) is 1. The van der Waals surface area contributed by atoms with Crippen LogP contribution in [0.25, 0.3) is 0 Å². The molecular formula is C13H14BrFN4O. The molecule has 1 aromatic heterocycles. The minimum atomic E-state index is -0.559. The zero-order valence-electron chi connectivity index (χ0n) is 11.1. The molecule has 0 aliphatic rings. The van der Waals surface area contributed by atoms with Gasteiger partial charge in [0.05, 0.1) is 17.4 Å². The number of carbonyl (C=O) groups excluding carboxylic acids is 1. The molecule has 0 aliphatic carbocycles. The van der Waals surface area contributed by atoms with E-state index in [1.165, 1.54) is 12.1 Å². The molecule has 1 amide bonds. The smallest absolute Gasteiger partial charge is 0.252 e. The van der Waals surface area contributed by atoms with Crippen molar-refractivity contribution in [3.8, 4) is 0 Å². The van der Waals surface area contributed by atoms with Gasteiger partial charge < -0.3 is 11.1 Å². The van der Waals surface area contributed by atoms with Crippen molar-refractivity contribution in [3.63, 3.8) is 0 Å². The van der Waals surface area contributed by atoms with Gasteiger partial charge in [0, 0.05) is 29.3 Å². The summed E-state index contributed by atoms with van der Waals surface area (Å²) in [5.41, 5.74) is 7.61. The van der Waals surface area contributed by atoms with Gasteiger partial charge in [-0.05, 0) is 35.0 Å². The molecule has 20 heavy (non-hydrogen) atoms. The topological polar surface area (TPSA) is 72.9 Å². The van der Waals surface area contributed by atoms with Crippen LogP contribution >= 0.6 is 15.9 Å². The SMILES string of the molecule is Cc1c(CNC(=O)c2cc(N)c(F)cc2Br)cnn1C. The van der Waals surface area contributed by atoms with E-state index in [0.29, 0.717) is 16.6 Å². The number of rotatable bonds is 3. The fourth-order valence-electron chi connectivity index (χ4n) is 1.73. The average Bonchev–Trinajstić information content (AvgIpc) is 2.71. The Kier molecular flexibility index (Phi) is 4.08. The van der Waals surface area contributed by atoms with E-state index in [2.05, 4.69) is 26.3 Å². The van der Waals surface area contributed by atoms with Crippen molar-refractivity contribution < 1.29 is 9.18 Å². The van der Waals surface area contributed by atoms with E-state index in [4.69, 9.17) is 5.73 Å². The van der Waals surface area contributed by atoms with Gasteiger partial charge in [0.1, 0.15) is 5.82 Å². The van der Waals surface area contributed by atoms with Gasteiger partial charge in [0.2, 0.25) is 0 Å². The number of hydrogen-bond donors (Lipinski definition) is 2. The Morgan fingerprint density at radius 2 is 2.25 bits per heavy atom. The van der Waals surface area contributed by atoms with Crippen molar-refractivity contribution in [3.05, 3.63) is 45.4 Å². The maximum absolute atomic E-state index is 13.2. The Hall–Kier alpha value is -1.89. The van der Waals surface area contributed by atoms with Crippen LogP contribution in [0.3, 0.4) is 0 Å². The first-order chi connectivity index (χ1) is 9.40. The van der Waals surface area contributed by atoms with Crippen molar-refractivity contribution in [1.82, 2.24) is 15.1 Å². The molecule has 1 aromatic carbocycles. The lowest BCUT2D eigenvalue weighted by Crippen LogP contribution is -2.23. The molecule has 106 valence electrons. The Morgan fingerprint density at radius 1 is 1.55 bits per heavy atom. The summed E-state index contributed by atoms with van der Waals surface area (Å²) in [6.07, 6.45) is 1.70. The monoisotopic (exact) mass is 340 g/mol. The standard InChI is InChI=1S/C13H14BrFN4O/c1-7-8(6-18-19(7)2)5-17-13(20)9-3-12(16)11(15)4-10(9)14/h3-4,6H,5,16H2,1-2H3,(H,17,20). The lowest BCUT2D eigenvalue weighted by Gasteiger charge is -2.08. The van der Waals surface area contributed by atoms with E-state index < -0.39 is 5.82 Å². The minimum Gasteiger partial charge on any atom is -0.396 e. The van der Waals surface area contributed by atoms with Crippen LogP contribution in [0.4, 0.5) is 10.1 Å². The van der Waals surface area contributed by atoms with E-state index in [-0.39, 0.29) is 11.6 Å². The summed E-state index contributed by atoms with van der Waals surface area (Å²) >= 11 is 3.15. The number of halogens is 2. The van der Waals surface area contributed by atoms with E-state index in [0.717, 1.165) is 11.3 Å². The summed E-state index contributed by atoms with van der Waals surface area (Å²) in [6.45, 7) is 2.27. The van der Waals surface area contributed by atoms with Crippen molar-refractivity contribution in [2.24, 2.45) is 7.05 Å². The number of nitrogens with one attached hydrogen (secondary N) is 1. The van der Waals surface area contributed by atoms with Crippen LogP contribution in [-0.2, 0) is 13.6 Å². The van der Waals surface area contributed by atoms with Crippen LogP contribution in [-0.4, -0.2) is 15.7 Å². The Labute approximate surface area is 124 Å².